The number of esters is 1. The van der Waals surface area contributed by atoms with Crippen LogP contribution in [-0.2, 0) is 9.53 Å². The van der Waals surface area contributed by atoms with Crippen LogP contribution in [0.25, 0.3) is 0 Å². The Hall–Kier alpha value is -2.21. The summed E-state index contributed by atoms with van der Waals surface area (Å²) in [7, 11) is 0. The van der Waals surface area contributed by atoms with Crippen LogP contribution < -0.4 is 4.90 Å². The van der Waals surface area contributed by atoms with Crippen molar-refractivity contribution in [3.63, 3.8) is 0 Å². The van der Waals surface area contributed by atoms with E-state index in [1.54, 1.807) is 29.9 Å². The summed E-state index contributed by atoms with van der Waals surface area (Å²) in [4.78, 5) is 29.6. The van der Waals surface area contributed by atoms with E-state index in [2.05, 4.69) is 4.98 Å². The van der Waals surface area contributed by atoms with Gasteiger partial charge in [0.05, 0.1) is 12.1 Å². The standard InChI is InChI=1S/C15H16N2O3S/c1-3-20-14(18)8-17(12-6-4-11(2)5-7-12)15(19)13-9-21-10-16-13/h4-7,9-10H,3,8H2,1-2H3. The Morgan fingerprint density at radius 1 is 1.29 bits per heavy atom. The van der Waals surface area contributed by atoms with Crippen LogP contribution in [0.1, 0.15) is 23.0 Å². The molecule has 1 heterocycles. The smallest absolute Gasteiger partial charge is 0.326 e. The summed E-state index contributed by atoms with van der Waals surface area (Å²) in [6.07, 6.45) is 0. The summed E-state index contributed by atoms with van der Waals surface area (Å²) in [5.41, 5.74) is 3.64. The highest BCUT2D eigenvalue weighted by Gasteiger charge is 2.22. The lowest BCUT2D eigenvalue weighted by atomic mass is 10.2. The third-order valence-electron chi connectivity index (χ3n) is 2.83. The Morgan fingerprint density at radius 3 is 2.57 bits per heavy atom. The second-order valence-electron chi connectivity index (χ2n) is 4.41. The van der Waals surface area contributed by atoms with Crippen molar-refractivity contribution in [1.29, 1.82) is 0 Å². The maximum absolute atomic E-state index is 12.5. The molecule has 0 atom stereocenters. The van der Waals surface area contributed by atoms with Gasteiger partial charge >= 0.3 is 5.97 Å². The average Bonchev–Trinajstić information content (AvgIpc) is 3.00. The molecule has 2 rings (SSSR count). The molecule has 1 aromatic carbocycles. The molecule has 0 aliphatic carbocycles. The topological polar surface area (TPSA) is 59.5 Å². The molecule has 0 saturated carbocycles. The highest BCUT2D eigenvalue weighted by atomic mass is 32.1. The SMILES string of the molecule is CCOC(=O)CN(C(=O)c1cscn1)c1ccc(C)cc1. The number of thiazole rings is 1. The van der Waals surface area contributed by atoms with E-state index in [-0.39, 0.29) is 19.1 Å². The van der Waals surface area contributed by atoms with Crippen LogP contribution in [0.5, 0.6) is 0 Å². The van der Waals surface area contributed by atoms with E-state index in [1.165, 1.54) is 16.2 Å². The monoisotopic (exact) mass is 304 g/mol. The van der Waals surface area contributed by atoms with E-state index in [1.807, 2.05) is 19.1 Å². The number of hydrogen-bond acceptors (Lipinski definition) is 5. The van der Waals surface area contributed by atoms with E-state index in [0.717, 1.165) is 5.56 Å². The molecule has 0 radical (unpaired) electrons. The van der Waals surface area contributed by atoms with E-state index in [9.17, 15) is 9.59 Å². The van der Waals surface area contributed by atoms with Gasteiger partial charge in [-0.2, -0.15) is 0 Å². The van der Waals surface area contributed by atoms with Crippen LogP contribution in [0.15, 0.2) is 35.2 Å². The van der Waals surface area contributed by atoms with Gasteiger partial charge in [0.2, 0.25) is 0 Å². The van der Waals surface area contributed by atoms with Crippen molar-refractivity contribution in [3.8, 4) is 0 Å². The lowest BCUT2D eigenvalue weighted by molar-refractivity contribution is -0.141. The van der Waals surface area contributed by atoms with Crippen molar-refractivity contribution in [2.24, 2.45) is 0 Å². The molecule has 0 saturated heterocycles. The van der Waals surface area contributed by atoms with Crippen LogP contribution in [0, 0.1) is 6.92 Å². The molecule has 0 spiro atoms. The zero-order valence-corrected chi connectivity index (χ0v) is 12.7. The van der Waals surface area contributed by atoms with Gasteiger partial charge in [0.1, 0.15) is 12.2 Å². The molecule has 0 N–H and O–H groups in total. The first-order chi connectivity index (χ1) is 10.1. The Morgan fingerprint density at radius 2 is 2.00 bits per heavy atom. The highest BCUT2D eigenvalue weighted by Crippen LogP contribution is 2.18. The number of nitrogens with zero attached hydrogens (tertiary/aromatic N) is 2. The maximum atomic E-state index is 12.5. The summed E-state index contributed by atoms with van der Waals surface area (Å²) >= 11 is 1.34. The number of aryl methyl sites for hydroxylation is 1. The van der Waals surface area contributed by atoms with E-state index in [0.29, 0.717) is 11.4 Å². The molecule has 0 unspecified atom stereocenters. The molecule has 1 amide bonds. The number of anilines is 1. The van der Waals surface area contributed by atoms with Crippen molar-refractivity contribution < 1.29 is 14.3 Å². The van der Waals surface area contributed by atoms with Gasteiger partial charge in [0.25, 0.3) is 5.91 Å². The van der Waals surface area contributed by atoms with Crippen LogP contribution in [0.3, 0.4) is 0 Å². The molecule has 110 valence electrons. The molecular weight excluding hydrogens is 288 g/mol. The zero-order chi connectivity index (χ0) is 15.2. The van der Waals surface area contributed by atoms with Gasteiger partial charge in [0, 0.05) is 11.1 Å². The number of carbonyl (C=O) groups excluding carboxylic acids is 2. The van der Waals surface area contributed by atoms with Crippen LogP contribution in [-0.4, -0.2) is 30.0 Å². The van der Waals surface area contributed by atoms with Crippen molar-refractivity contribution in [2.45, 2.75) is 13.8 Å². The maximum Gasteiger partial charge on any atom is 0.326 e. The van der Waals surface area contributed by atoms with Crippen LogP contribution in [0.4, 0.5) is 5.69 Å². The summed E-state index contributed by atoms with van der Waals surface area (Å²) in [5, 5.41) is 1.66. The number of hydrogen-bond donors (Lipinski definition) is 0. The van der Waals surface area contributed by atoms with E-state index >= 15 is 0 Å². The molecule has 2 aromatic rings. The summed E-state index contributed by atoms with van der Waals surface area (Å²) in [6.45, 7) is 3.84. The Balaban J connectivity index is 2.27. The number of aromatic nitrogens is 1. The number of carbonyl (C=O) groups is 2. The lowest BCUT2D eigenvalue weighted by Crippen LogP contribution is -2.36. The van der Waals surface area contributed by atoms with Gasteiger partial charge in [0.15, 0.2) is 0 Å². The second-order valence-corrected chi connectivity index (χ2v) is 5.12. The first-order valence-electron chi connectivity index (χ1n) is 6.54. The molecule has 5 nitrogen and oxygen atoms in total. The first-order valence-corrected chi connectivity index (χ1v) is 7.48. The fraction of sp³-hybridized carbons (Fsp3) is 0.267. The number of rotatable bonds is 5. The molecule has 21 heavy (non-hydrogen) atoms. The molecule has 0 bridgehead atoms. The first kappa shape index (κ1) is 15.2. The number of ether oxygens (including phenoxy) is 1. The summed E-state index contributed by atoms with van der Waals surface area (Å²) < 4.78 is 4.93. The van der Waals surface area contributed by atoms with E-state index in [4.69, 9.17) is 4.74 Å². The summed E-state index contributed by atoms with van der Waals surface area (Å²) in [6, 6.07) is 7.39. The van der Waals surface area contributed by atoms with Gasteiger partial charge in [-0.3, -0.25) is 14.5 Å². The third-order valence-corrected chi connectivity index (χ3v) is 3.42. The lowest BCUT2D eigenvalue weighted by Gasteiger charge is -2.21. The van der Waals surface area contributed by atoms with Crippen LogP contribution in [0.2, 0.25) is 0 Å². The van der Waals surface area contributed by atoms with E-state index < -0.39 is 5.97 Å². The fourth-order valence-corrected chi connectivity index (χ4v) is 2.32. The Bertz CT molecular complexity index is 608. The summed E-state index contributed by atoms with van der Waals surface area (Å²) in [5.74, 6) is -0.755. The molecule has 0 aliphatic rings. The fourth-order valence-electron chi connectivity index (χ4n) is 1.80. The minimum atomic E-state index is -0.443. The van der Waals surface area contributed by atoms with Crippen LogP contribution >= 0.6 is 11.3 Å². The van der Waals surface area contributed by atoms with Gasteiger partial charge in [-0.15, -0.1) is 11.3 Å². The molecule has 6 heteroatoms. The predicted molar refractivity (Wildman–Crippen MR) is 81.6 cm³/mol. The molecule has 0 aliphatic heterocycles. The second kappa shape index (κ2) is 6.99. The van der Waals surface area contributed by atoms with Crippen molar-refractivity contribution in [3.05, 3.63) is 46.4 Å². The zero-order valence-electron chi connectivity index (χ0n) is 11.9. The van der Waals surface area contributed by atoms with Crippen molar-refractivity contribution in [1.82, 2.24) is 4.98 Å². The Kier molecular flexibility index (Phi) is 5.05. The predicted octanol–water partition coefficient (Wildman–Crippen LogP) is 2.66. The minimum Gasteiger partial charge on any atom is -0.465 e. The number of amides is 1. The molecular formula is C15H16N2O3S. The van der Waals surface area contributed by atoms with Crippen molar-refractivity contribution in [2.75, 3.05) is 18.1 Å². The van der Waals surface area contributed by atoms with Gasteiger partial charge in [-0.1, -0.05) is 17.7 Å². The minimum absolute atomic E-state index is 0.132. The van der Waals surface area contributed by atoms with Gasteiger partial charge in [-0.25, -0.2) is 4.98 Å². The van der Waals surface area contributed by atoms with Gasteiger partial charge < -0.3 is 4.74 Å². The quantitative estimate of drug-likeness (QED) is 0.797. The van der Waals surface area contributed by atoms with Gasteiger partial charge in [-0.05, 0) is 26.0 Å². The molecule has 0 fully saturated rings. The largest absolute Gasteiger partial charge is 0.465 e. The number of benzene rings is 1. The normalized spacial score (nSPS) is 10.2. The highest BCUT2D eigenvalue weighted by molar-refractivity contribution is 7.07. The Labute approximate surface area is 127 Å². The van der Waals surface area contributed by atoms with Crippen molar-refractivity contribution >= 4 is 28.9 Å². The third kappa shape index (κ3) is 3.88. The average molecular weight is 304 g/mol. The molecule has 1 aromatic heterocycles.